The molecule has 0 unspecified atom stereocenters. The molecule has 14 heavy (non-hydrogen) atoms. The van der Waals surface area contributed by atoms with Gasteiger partial charge in [0, 0.05) is 5.56 Å². The second-order valence-corrected chi connectivity index (χ2v) is 2.57. The van der Waals surface area contributed by atoms with Crippen LogP contribution in [0.1, 0.15) is 10.4 Å². The monoisotopic (exact) mass is 247 g/mol. The summed E-state index contributed by atoms with van der Waals surface area (Å²) in [4.78, 5) is 12.5. The minimum Gasteiger partial charge on any atom is -0.373 e. The predicted octanol–water partition coefficient (Wildman–Crippen LogP) is 0.134. The zero-order valence-corrected chi connectivity index (χ0v) is 9.31. The molecule has 1 aromatic rings. The average Bonchev–Trinajstić information content (AvgIpc) is 2.19. The van der Waals surface area contributed by atoms with E-state index < -0.39 is 0 Å². The van der Waals surface area contributed by atoms with Gasteiger partial charge in [-0.25, -0.2) is 0 Å². The fourth-order valence-electron chi connectivity index (χ4n) is 0.701. The zero-order valence-electron chi connectivity index (χ0n) is 7.72. The van der Waals surface area contributed by atoms with E-state index >= 15 is 0 Å². The summed E-state index contributed by atoms with van der Waals surface area (Å²) in [5, 5.41) is 0.400. The summed E-state index contributed by atoms with van der Waals surface area (Å²) in [6.07, 6.45) is 0. The van der Waals surface area contributed by atoms with Crippen molar-refractivity contribution in [1.82, 2.24) is 0 Å². The van der Waals surface area contributed by atoms with Crippen molar-refractivity contribution in [3.63, 3.8) is 0 Å². The minimum atomic E-state index is 0. The van der Waals surface area contributed by atoms with Gasteiger partial charge >= 0.3 is 18.9 Å². The molecule has 0 spiro atoms. The molecule has 0 aromatic heterocycles. The molecule has 0 aliphatic heterocycles. The maximum atomic E-state index is 11.0. The summed E-state index contributed by atoms with van der Waals surface area (Å²) in [5.41, 5.74) is 14.3. The molecule has 68 valence electrons. The number of carbonyl (C=O) groups is 1. The summed E-state index contributed by atoms with van der Waals surface area (Å²) in [6, 6.07) is 9.23. The summed E-state index contributed by atoms with van der Waals surface area (Å²) in [6.45, 7) is 0. The maximum absolute atomic E-state index is 11.0. The van der Waals surface area contributed by atoms with Crippen LogP contribution in [0.15, 0.2) is 30.3 Å². The topological polar surface area (TPSA) is 75.8 Å². The Bertz CT molecular complexity index is 299. The molecule has 0 saturated carbocycles. The Labute approximate surface area is 102 Å². The third-order valence-electron chi connectivity index (χ3n) is 1.22. The Morgan fingerprint density at radius 1 is 1.29 bits per heavy atom. The fourth-order valence-corrected chi connectivity index (χ4v) is 1.02. The van der Waals surface area contributed by atoms with E-state index in [4.69, 9.17) is 11.1 Å². The van der Waals surface area contributed by atoms with Crippen molar-refractivity contribution in [3.05, 3.63) is 51.9 Å². The molecule has 0 bridgehead atoms. The number of ketones is 1. The number of carbonyl (C=O) groups excluding carboxylic acids is 1. The molecule has 1 rings (SSSR count). The number of hydrogen-bond acceptors (Lipinski definition) is 1. The molecular weight excluding hydrogens is 241 g/mol. The molecule has 0 fully saturated rings. The molecular formula is C8H7BrLiN3O. The molecule has 0 aliphatic carbocycles. The van der Waals surface area contributed by atoms with E-state index in [0.717, 1.165) is 5.56 Å². The molecule has 0 radical (unpaired) electrons. The second kappa shape index (κ2) is 10.4. The van der Waals surface area contributed by atoms with Crippen LogP contribution < -0.4 is 18.9 Å². The predicted molar refractivity (Wildman–Crippen MR) is 54.6 cm³/mol. The van der Waals surface area contributed by atoms with Gasteiger partial charge in [-0.2, -0.15) is 0 Å². The Kier molecular flexibility index (Phi) is 11.6. The van der Waals surface area contributed by atoms with Gasteiger partial charge < -0.3 is 11.1 Å². The summed E-state index contributed by atoms with van der Waals surface area (Å²) in [5.74, 6) is 0.126. The zero-order chi connectivity index (χ0) is 10.1. The molecule has 0 N–H and O–H groups in total. The van der Waals surface area contributed by atoms with Crippen LogP contribution in [0.3, 0.4) is 0 Å². The first kappa shape index (κ1) is 15.7. The van der Waals surface area contributed by atoms with Gasteiger partial charge in [-0.1, -0.05) is 46.3 Å². The van der Waals surface area contributed by atoms with Crippen LogP contribution in [0.2, 0.25) is 0 Å². The van der Waals surface area contributed by atoms with Gasteiger partial charge in [0.2, 0.25) is 0 Å². The van der Waals surface area contributed by atoms with E-state index in [1.165, 1.54) is 4.91 Å². The van der Waals surface area contributed by atoms with Gasteiger partial charge in [-0.05, 0) is 0 Å². The molecule has 0 atom stereocenters. The van der Waals surface area contributed by atoms with E-state index in [1.54, 1.807) is 0 Å². The number of alkyl halides is 1. The van der Waals surface area contributed by atoms with Crippen molar-refractivity contribution in [3.8, 4) is 0 Å². The summed E-state index contributed by atoms with van der Waals surface area (Å²) >= 11 is 3.10. The van der Waals surface area contributed by atoms with Gasteiger partial charge in [-0.3, -0.25) is 9.71 Å². The number of halogens is 1. The van der Waals surface area contributed by atoms with Crippen molar-refractivity contribution in [2.24, 2.45) is 0 Å². The molecule has 4 nitrogen and oxygen atoms in total. The van der Waals surface area contributed by atoms with Gasteiger partial charge in [0.1, 0.15) is 0 Å². The van der Waals surface area contributed by atoms with Crippen LogP contribution in [0.25, 0.3) is 16.0 Å². The smallest absolute Gasteiger partial charge is 0.373 e. The molecule has 0 heterocycles. The Morgan fingerprint density at radius 2 is 1.71 bits per heavy atom. The average molecular weight is 248 g/mol. The first-order chi connectivity index (χ1) is 6.26. The number of rotatable bonds is 2. The summed E-state index contributed by atoms with van der Waals surface area (Å²) in [7, 11) is 0. The van der Waals surface area contributed by atoms with Crippen LogP contribution in [0, 0.1) is 0 Å². The number of benzene rings is 1. The SMILES string of the molecule is O=C(CBr)c1ccccc1.[Li+].[N-]=[N+]=[N-]. The Morgan fingerprint density at radius 3 is 2.07 bits per heavy atom. The van der Waals surface area contributed by atoms with Crippen LogP contribution in [-0.2, 0) is 0 Å². The maximum Gasteiger partial charge on any atom is 1.00 e. The van der Waals surface area contributed by atoms with Crippen LogP contribution in [0.4, 0.5) is 0 Å². The summed E-state index contributed by atoms with van der Waals surface area (Å²) < 4.78 is 0. The van der Waals surface area contributed by atoms with Gasteiger partial charge in [0.25, 0.3) is 0 Å². The first-order valence-corrected chi connectivity index (χ1v) is 4.51. The molecule has 0 aliphatic rings. The molecule has 1 aromatic carbocycles. The van der Waals surface area contributed by atoms with E-state index in [-0.39, 0.29) is 24.6 Å². The standard InChI is InChI=1S/C8H7BrO.Li.N3/c9-6-8(10)7-4-2-1-3-5-7;;1-3-2/h1-5H,6H2;;/q;+1;-1. The fraction of sp³-hybridized carbons (Fsp3) is 0.125. The largest absolute Gasteiger partial charge is 1.00 e. The minimum absolute atomic E-state index is 0. The quantitative estimate of drug-likeness (QED) is 0.183. The van der Waals surface area contributed by atoms with Crippen molar-refractivity contribution in [2.45, 2.75) is 0 Å². The van der Waals surface area contributed by atoms with Crippen LogP contribution in [0.5, 0.6) is 0 Å². The van der Waals surface area contributed by atoms with Gasteiger partial charge in [0.05, 0.1) is 5.33 Å². The van der Waals surface area contributed by atoms with Gasteiger partial charge in [0.15, 0.2) is 5.78 Å². The first-order valence-electron chi connectivity index (χ1n) is 3.39. The number of nitrogens with zero attached hydrogens (tertiary/aromatic N) is 3. The third kappa shape index (κ3) is 6.76. The van der Waals surface area contributed by atoms with Crippen molar-refractivity contribution < 1.29 is 23.7 Å². The van der Waals surface area contributed by atoms with Crippen molar-refractivity contribution in [1.29, 1.82) is 0 Å². The van der Waals surface area contributed by atoms with Crippen LogP contribution in [-0.4, -0.2) is 11.1 Å². The van der Waals surface area contributed by atoms with Crippen molar-refractivity contribution >= 4 is 21.7 Å². The van der Waals surface area contributed by atoms with Crippen molar-refractivity contribution in [2.75, 3.05) is 5.33 Å². The van der Waals surface area contributed by atoms with E-state index in [9.17, 15) is 4.79 Å². The Hall–Kier alpha value is -0.723. The van der Waals surface area contributed by atoms with E-state index in [2.05, 4.69) is 15.9 Å². The normalized spacial score (nSPS) is 7.21. The van der Waals surface area contributed by atoms with E-state index in [0.29, 0.717) is 5.33 Å². The molecule has 0 saturated heterocycles. The van der Waals surface area contributed by atoms with Gasteiger partial charge in [-0.15, -0.1) is 0 Å². The van der Waals surface area contributed by atoms with E-state index in [1.807, 2.05) is 30.3 Å². The molecule has 6 heteroatoms. The number of Topliss-reactive ketones (excluding diaryl/α,β-unsaturated/α-hetero) is 1. The Balaban J connectivity index is 0. The second-order valence-electron chi connectivity index (χ2n) is 2.01. The third-order valence-corrected chi connectivity index (χ3v) is 1.73. The number of hydrogen-bond donors (Lipinski definition) is 0. The molecule has 0 amide bonds. The van der Waals surface area contributed by atoms with Crippen LogP contribution >= 0.6 is 15.9 Å².